The summed E-state index contributed by atoms with van der Waals surface area (Å²) in [5, 5.41) is 2.31. The molecule has 0 radical (unpaired) electrons. The van der Waals surface area contributed by atoms with E-state index in [2.05, 4.69) is 4.98 Å². The zero-order chi connectivity index (χ0) is 19.7. The highest BCUT2D eigenvalue weighted by Crippen LogP contribution is 2.31. The third kappa shape index (κ3) is 4.48. The van der Waals surface area contributed by atoms with Crippen LogP contribution in [-0.4, -0.2) is 50.6 Å². The normalized spacial score (nSPS) is 16.3. The third-order valence-electron chi connectivity index (χ3n) is 4.12. The maximum absolute atomic E-state index is 12.7. The van der Waals surface area contributed by atoms with Crippen LogP contribution >= 0.6 is 11.3 Å². The number of anilines is 1. The van der Waals surface area contributed by atoms with Gasteiger partial charge in [-0.25, -0.2) is 18.2 Å². The van der Waals surface area contributed by atoms with Gasteiger partial charge >= 0.3 is 5.97 Å². The van der Waals surface area contributed by atoms with Crippen LogP contribution in [0.3, 0.4) is 0 Å². The number of sulfone groups is 1. The van der Waals surface area contributed by atoms with Crippen LogP contribution in [0.1, 0.15) is 20.8 Å². The first-order valence-corrected chi connectivity index (χ1v) is 11.0. The third-order valence-corrected chi connectivity index (χ3v) is 7.41. The summed E-state index contributed by atoms with van der Waals surface area (Å²) in [5.74, 6) is -0.263. The molecule has 0 N–H and O–H groups in total. The number of carbonyl (C=O) groups is 1. The Labute approximate surface area is 163 Å². The van der Waals surface area contributed by atoms with Gasteiger partial charge in [-0.3, -0.25) is 0 Å². The molecule has 0 spiro atoms. The Hall–Kier alpha value is -1.97. The average Bonchev–Trinajstić information content (AvgIpc) is 3.13. The summed E-state index contributed by atoms with van der Waals surface area (Å²) >= 11 is 1.16. The molecule has 0 saturated carbocycles. The fraction of sp³-hybridized carbons (Fsp3) is 0.444. The second kappa shape index (κ2) is 7.57. The van der Waals surface area contributed by atoms with E-state index in [1.165, 1.54) is 6.20 Å². The topological polar surface area (TPSA) is 79.8 Å². The van der Waals surface area contributed by atoms with Gasteiger partial charge in [0.1, 0.15) is 4.21 Å². The number of carbonyl (C=O) groups excluding carboxylic acids is 1. The van der Waals surface area contributed by atoms with E-state index >= 15 is 0 Å². The number of nitrogens with zero attached hydrogens (tertiary/aromatic N) is 3. The SMILES string of the molecule is CC(C)(C)C(=O)ON1CCN(c2ncc(S(=O)(=O)c3ccccc3)s2)CC1. The largest absolute Gasteiger partial charge is 0.367 e. The number of rotatable bonds is 4. The minimum Gasteiger partial charge on any atom is -0.367 e. The van der Waals surface area contributed by atoms with Crippen LogP contribution in [0.15, 0.2) is 45.6 Å². The number of hydroxylamine groups is 2. The average molecular weight is 410 g/mol. The summed E-state index contributed by atoms with van der Waals surface area (Å²) in [6, 6.07) is 8.34. The first-order chi connectivity index (χ1) is 12.7. The van der Waals surface area contributed by atoms with Gasteiger partial charge in [0, 0.05) is 13.1 Å². The van der Waals surface area contributed by atoms with Gasteiger partial charge in [0.15, 0.2) is 5.13 Å². The zero-order valence-electron chi connectivity index (χ0n) is 15.6. The van der Waals surface area contributed by atoms with E-state index in [-0.39, 0.29) is 15.1 Å². The van der Waals surface area contributed by atoms with Gasteiger partial charge in [-0.2, -0.15) is 0 Å². The van der Waals surface area contributed by atoms with E-state index in [0.29, 0.717) is 31.3 Å². The fourth-order valence-corrected chi connectivity index (χ4v) is 5.05. The Morgan fingerprint density at radius 2 is 1.74 bits per heavy atom. The molecular weight excluding hydrogens is 386 g/mol. The van der Waals surface area contributed by atoms with Crippen molar-refractivity contribution in [2.45, 2.75) is 29.9 Å². The number of benzene rings is 1. The first kappa shape index (κ1) is 19.8. The smallest absolute Gasteiger partial charge is 0.330 e. The lowest BCUT2D eigenvalue weighted by Crippen LogP contribution is -2.48. The monoisotopic (exact) mass is 409 g/mol. The van der Waals surface area contributed by atoms with Crippen molar-refractivity contribution < 1.29 is 18.0 Å². The number of thiazole rings is 1. The summed E-state index contributed by atoms with van der Waals surface area (Å²) in [6.07, 6.45) is 1.41. The van der Waals surface area contributed by atoms with Crippen LogP contribution < -0.4 is 4.90 Å². The molecule has 2 aromatic rings. The van der Waals surface area contributed by atoms with Crippen molar-refractivity contribution >= 4 is 32.3 Å². The highest BCUT2D eigenvalue weighted by Gasteiger charge is 2.29. The summed E-state index contributed by atoms with van der Waals surface area (Å²) in [6.45, 7) is 7.75. The molecule has 0 bridgehead atoms. The van der Waals surface area contributed by atoms with Crippen LogP contribution in [0.2, 0.25) is 0 Å². The van der Waals surface area contributed by atoms with Gasteiger partial charge in [0.2, 0.25) is 9.84 Å². The Morgan fingerprint density at radius 1 is 1.11 bits per heavy atom. The van der Waals surface area contributed by atoms with Crippen molar-refractivity contribution in [2.75, 3.05) is 31.1 Å². The standard InChI is InChI=1S/C18H23N3O4S2/c1-18(2,3)16(22)25-21-11-9-20(10-12-21)17-19-13-15(26-17)27(23,24)14-7-5-4-6-8-14/h4-8,13H,9-12H2,1-3H3. The summed E-state index contributed by atoms with van der Waals surface area (Å²) < 4.78 is 25.6. The molecule has 27 heavy (non-hydrogen) atoms. The minimum atomic E-state index is -3.55. The molecule has 1 aliphatic heterocycles. The molecule has 2 heterocycles. The van der Waals surface area contributed by atoms with Gasteiger partial charge in [-0.1, -0.05) is 29.5 Å². The molecule has 1 aliphatic rings. The molecule has 3 rings (SSSR count). The second-order valence-corrected chi connectivity index (χ2v) is 10.5. The van der Waals surface area contributed by atoms with Crippen molar-refractivity contribution in [2.24, 2.45) is 5.41 Å². The van der Waals surface area contributed by atoms with Crippen LogP contribution in [0.5, 0.6) is 0 Å². The van der Waals surface area contributed by atoms with Crippen molar-refractivity contribution in [1.29, 1.82) is 0 Å². The Balaban J connectivity index is 1.64. The zero-order valence-corrected chi connectivity index (χ0v) is 17.2. The number of hydrogen-bond donors (Lipinski definition) is 0. The van der Waals surface area contributed by atoms with Crippen LogP contribution in [-0.2, 0) is 19.5 Å². The molecule has 7 nitrogen and oxygen atoms in total. The molecule has 146 valence electrons. The highest BCUT2D eigenvalue weighted by atomic mass is 32.2. The Kier molecular flexibility index (Phi) is 5.55. The van der Waals surface area contributed by atoms with Gasteiger partial charge < -0.3 is 9.74 Å². The molecule has 0 aliphatic carbocycles. The minimum absolute atomic E-state index is 0.227. The van der Waals surface area contributed by atoms with Gasteiger partial charge in [-0.15, -0.1) is 5.06 Å². The van der Waals surface area contributed by atoms with Crippen LogP contribution in [0.25, 0.3) is 0 Å². The molecule has 1 aromatic heterocycles. The summed E-state index contributed by atoms with van der Waals surface area (Å²) in [4.78, 5) is 24.0. The molecule has 1 aromatic carbocycles. The summed E-state index contributed by atoms with van der Waals surface area (Å²) in [7, 11) is -3.55. The lowest BCUT2D eigenvalue weighted by molar-refractivity contribution is -0.201. The molecule has 0 atom stereocenters. The molecule has 9 heteroatoms. The molecular formula is C18H23N3O4S2. The molecule has 1 saturated heterocycles. The predicted molar refractivity (Wildman–Crippen MR) is 103 cm³/mol. The van der Waals surface area contributed by atoms with E-state index < -0.39 is 15.3 Å². The Morgan fingerprint density at radius 3 is 2.33 bits per heavy atom. The van der Waals surface area contributed by atoms with E-state index in [0.717, 1.165) is 11.3 Å². The molecule has 0 unspecified atom stereocenters. The van der Waals surface area contributed by atoms with Crippen molar-refractivity contribution in [3.8, 4) is 0 Å². The first-order valence-electron chi connectivity index (χ1n) is 8.66. The van der Waals surface area contributed by atoms with Gasteiger partial charge in [-0.05, 0) is 32.9 Å². The van der Waals surface area contributed by atoms with E-state index in [9.17, 15) is 13.2 Å². The van der Waals surface area contributed by atoms with E-state index in [4.69, 9.17) is 4.84 Å². The fourth-order valence-electron chi connectivity index (χ4n) is 2.46. The maximum Gasteiger partial charge on any atom is 0.330 e. The molecule has 0 amide bonds. The van der Waals surface area contributed by atoms with Crippen molar-refractivity contribution in [1.82, 2.24) is 10.0 Å². The number of piperazine rings is 1. The van der Waals surface area contributed by atoms with Gasteiger partial charge in [0.05, 0.1) is 29.6 Å². The maximum atomic E-state index is 12.7. The van der Waals surface area contributed by atoms with Crippen LogP contribution in [0, 0.1) is 5.41 Å². The van der Waals surface area contributed by atoms with E-state index in [1.54, 1.807) is 35.4 Å². The second-order valence-electron chi connectivity index (χ2n) is 7.32. The Bertz CT molecular complexity index is 896. The van der Waals surface area contributed by atoms with Crippen LogP contribution in [0.4, 0.5) is 5.13 Å². The highest BCUT2D eigenvalue weighted by molar-refractivity contribution is 7.93. The number of aromatic nitrogens is 1. The van der Waals surface area contributed by atoms with Crippen molar-refractivity contribution in [3.05, 3.63) is 36.5 Å². The summed E-state index contributed by atoms with van der Waals surface area (Å²) in [5.41, 5.74) is -0.548. The van der Waals surface area contributed by atoms with Crippen molar-refractivity contribution in [3.63, 3.8) is 0 Å². The lowest BCUT2D eigenvalue weighted by atomic mass is 9.98. The van der Waals surface area contributed by atoms with E-state index in [1.807, 2.05) is 25.7 Å². The predicted octanol–water partition coefficient (Wildman–Crippen LogP) is 2.60. The quantitative estimate of drug-likeness (QED) is 0.768. The lowest BCUT2D eigenvalue weighted by Gasteiger charge is -2.34. The number of hydrogen-bond acceptors (Lipinski definition) is 8. The molecule has 1 fully saturated rings. The van der Waals surface area contributed by atoms with Gasteiger partial charge in [0.25, 0.3) is 0 Å².